The molecule has 1 saturated heterocycles. The standard InChI is InChI=1S/C17H19ClN2O2S2/c1-19(2)15-7-3-13(4-8-15)17-20(11-12-23-17)24(21,22)16-9-5-14(18)6-10-16/h3-10,17H,11-12H2,1-2H3. The maximum atomic E-state index is 13.0. The van der Waals surface area contributed by atoms with E-state index in [2.05, 4.69) is 0 Å². The molecule has 24 heavy (non-hydrogen) atoms. The monoisotopic (exact) mass is 382 g/mol. The van der Waals surface area contributed by atoms with Gasteiger partial charge in [0.05, 0.1) is 10.3 Å². The van der Waals surface area contributed by atoms with E-state index in [1.165, 1.54) is 0 Å². The summed E-state index contributed by atoms with van der Waals surface area (Å²) in [4.78, 5) is 2.30. The normalized spacial score (nSPS) is 18.7. The van der Waals surface area contributed by atoms with Gasteiger partial charge in [0.1, 0.15) is 0 Å². The van der Waals surface area contributed by atoms with Gasteiger partial charge >= 0.3 is 0 Å². The summed E-state index contributed by atoms with van der Waals surface area (Å²) in [5.41, 5.74) is 2.09. The minimum atomic E-state index is -3.54. The molecule has 1 atom stereocenters. The van der Waals surface area contributed by atoms with Crippen molar-refractivity contribution in [2.75, 3.05) is 31.3 Å². The topological polar surface area (TPSA) is 40.6 Å². The summed E-state index contributed by atoms with van der Waals surface area (Å²) in [6.07, 6.45) is 0. The van der Waals surface area contributed by atoms with E-state index in [9.17, 15) is 8.42 Å². The van der Waals surface area contributed by atoms with Crippen LogP contribution >= 0.6 is 23.4 Å². The lowest BCUT2D eigenvalue weighted by Crippen LogP contribution is -2.30. The number of anilines is 1. The number of hydrogen-bond acceptors (Lipinski definition) is 4. The number of sulfonamides is 1. The van der Waals surface area contributed by atoms with Crippen LogP contribution in [0.1, 0.15) is 10.9 Å². The van der Waals surface area contributed by atoms with Crippen LogP contribution in [0, 0.1) is 0 Å². The molecule has 1 aliphatic rings. The molecule has 1 fully saturated rings. The molecule has 7 heteroatoms. The van der Waals surface area contributed by atoms with E-state index < -0.39 is 10.0 Å². The van der Waals surface area contributed by atoms with Gasteiger partial charge in [-0.15, -0.1) is 11.8 Å². The maximum absolute atomic E-state index is 13.0. The Morgan fingerprint density at radius 1 is 1.08 bits per heavy atom. The number of halogens is 1. The van der Waals surface area contributed by atoms with Crippen LogP contribution in [0.2, 0.25) is 5.02 Å². The molecule has 0 amide bonds. The molecule has 2 aromatic carbocycles. The summed E-state index contributed by atoms with van der Waals surface area (Å²) < 4.78 is 27.5. The summed E-state index contributed by atoms with van der Waals surface area (Å²) in [6, 6.07) is 14.4. The number of hydrogen-bond donors (Lipinski definition) is 0. The predicted molar refractivity (Wildman–Crippen MR) is 101 cm³/mol. The fourth-order valence-corrected chi connectivity index (χ4v) is 6.01. The molecule has 4 nitrogen and oxygen atoms in total. The van der Waals surface area contributed by atoms with Crippen LogP contribution in [-0.2, 0) is 10.0 Å². The van der Waals surface area contributed by atoms with Crippen LogP contribution in [0.5, 0.6) is 0 Å². The van der Waals surface area contributed by atoms with Crippen LogP contribution < -0.4 is 4.90 Å². The minimum absolute atomic E-state index is 0.193. The summed E-state index contributed by atoms with van der Waals surface area (Å²) in [7, 11) is 0.430. The SMILES string of the molecule is CN(C)c1ccc(C2SCCN2S(=O)(=O)c2ccc(Cl)cc2)cc1. The van der Waals surface area contributed by atoms with Crippen molar-refractivity contribution >= 4 is 39.1 Å². The molecule has 1 unspecified atom stereocenters. The van der Waals surface area contributed by atoms with Crippen LogP contribution in [-0.4, -0.2) is 39.1 Å². The van der Waals surface area contributed by atoms with Crippen molar-refractivity contribution in [2.24, 2.45) is 0 Å². The Hall–Kier alpha value is -1.21. The van der Waals surface area contributed by atoms with E-state index in [1.54, 1.807) is 40.3 Å². The van der Waals surface area contributed by atoms with E-state index in [4.69, 9.17) is 11.6 Å². The molecule has 128 valence electrons. The van der Waals surface area contributed by atoms with E-state index >= 15 is 0 Å². The lowest BCUT2D eigenvalue weighted by atomic mass is 10.2. The van der Waals surface area contributed by atoms with Crippen molar-refractivity contribution in [1.82, 2.24) is 4.31 Å². The highest BCUT2D eigenvalue weighted by Gasteiger charge is 2.36. The summed E-state index contributed by atoms with van der Waals surface area (Å²) >= 11 is 7.52. The molecule has 3 rings (SSSR count). The van der Waals surface area contributed by atoms with Crippen LogP contribution in [0.3, 0.4) is 0 Å². The average molecular weight is 383 g/mol. The lowest BCUT2D eigenvalue weighted by molar-refractivity contribution is 0.434. The van der Waals surface area contributed by atoms with Gasteiger partial charge in [0.2, 0.25) is 10.0 Å². The van der Waals surface area contributed by atoms with Gasteiger partial charge in [0.25, 0.3) is 0 Å². The second-order valence-corrected chi connectivity index (χ2v) is 9.29. The van der Waals surface area contributed by atoms with Crippen LogP contribution in [0.25, 0.3) is 0 Å². The zero-order valence-electron chi connectivity index (χ0n) is 13.5. The first-order valence-corrected chi connectivity index (χ1v) is 10.4. The van der Waals surface area contributed by atoms with Crippen molar-refractivity contribution in [3.05, 3.63) is 59.1 Å². The number of benzene rings is 2. The van der Waals surface area contributed by atoms with Crippen molar-refractivity contribution in [3.63, 3.8) is 0 Å². The Bertz CT molecular complexity index is 805. The molecular weight excluding hydrogens is 364 g/mol. The molecule has 1 heterocycles. The van der Waals surface area contributed by atoms with Gasteiger partial charge in [-0.05, 0) is 42.0 Å². The largest absolute Gasteiger partial charge is 0.378 e. The van der Waals surface area contributed by atoms with Crippen molar-refractivity contribution in [1.29, 1.82) is 0 Å². The molecule has 1 aliphatic heterocycles. The van der Waals surface area contributed by atoms with Gasteiger partial charge in [-0.25, -0.2) is 8.42 Å². The first-order valence-electron chi connectivity index (χ1n) is 7.56. The Balaban J connectivity index is 1.91. The van der Waals surface area contributed by atoms with Crippen molar-refractivity contribution < 1.29 is 8.42 Å². The summed E-state index contributed by atoms with van der Waals surface area (Å²) in [6.45, 7) is 0.510. The fourth-order valence-electron chi connectivity index (χ4n) is 2.64. The molecule has 0 radical (unpaired) electrons. The molecule has 0 aliphatic carbocycles. The highest BCUT2D eigenvalue weighted by molar-refractivity contribution is 8.01. The Labute approximate surface area is 152 Å². The van der Waals surface area contributed by atoms with Gasteiger partial charge < -0.3 is 4.90 Å². The lowest BCUT2D eigenvalue weighted by Gasteiger charge is -2.24. The van der Waals surface area contributed by atoms with Gasteiger partial charge in [-0.2, -0.15) is 4.31 Å². The second kappa shape index (κ2) is 6.96. The van der Waals surface area contributed by atoms with Gasteiger partial charge in [0, 0.05) is 37.1 Å². The van der Waals surface area contributed by atoms with Crippen molar-refractivity contribution in [3.8, 4) is 0 Å². The predicted octanol–water partition coefficient (Wildman–Crippen LogP) is 3.84. The number of thioether (sulfide) groups is 1. The van der Waals surface area contributed by atoms with E-state index in [0.717, 1.165) is 17.0 Å². The zero-order chi connectivity index (χ0) is 17.3. The van der Waals surface area contributed by atoms with E-state index in [-0.39, 0.29) is 10.3 Å². The summed E-state index contributed by atoms with van der Waals surface area (Å²) in [5, 5.41) is 0.336. The van der Waals surface area contributed by atoms with E-state index in [1.807, 2.05) is 43.3 Å². The quantitative estimate of drug-likeness (QED) is 0.805. The van der Waals surface area contributed by atoms with Crippen LogP contribution in [0.15, 0.2) is 53.4 Å². The molecular formula is C17H19ClN2O2S2. The Morgan fingerprint density at radius 3 is 2.29 bits per heavy atom. The molecule has 0 saturated carbocycles. The molecule has 0 bridgehead atoms. The van der Waals surface area contributed by atoms with Crippen LogP contribution in [0.4, 0.5) is 5.69 Å². The number of nitrogens with zero attached hydrogens (tertiary/aromatic N) is 2. The van der Waals surface area contributed by atoms with Gasteiger partial charge in [0.15, 0.2) is 0 Å². The third-order valence-corrected chi connectivity index (χ3v) is 7.49. The third kappa shape index (κ3) is 3.42. The minimum Gasteiger partial charge on any atom is -0.378 e. The molecule has 0 spiro atoms. The average Bonchev–Trinajstić information content (AvgIpc) is 3.06. The molecule has 0 N–H and O–H groups in total. The smallest absolute Gasteiger partial charge is 0.244 e. The zero-order valence-corrected chi connectivity index (χ0v) is 15.9. The second-order valence-electron chi connectivity index (χ2n) is 5.78. The van der Waals surface area contributed by atoms with Gasteiger partial charge in [-0.1, -0.05) is 23.7 Å². The summed E-state index contributed by atoms with van der Waals surface area (Å²) in [5.74, 6) is 0.785. The highest BCUT2D eigenvalue weighted by Crippen LogP contribution is 2.41. The molecule has 0 aromatic heterocycles. The number of rotatable bonds is 4. The first-order chi connectivity index (χ1) is 11.4. The molecule has 2 aromatic rings. The Kier molecular flexibility index (Phi) is 5.11. The van der Waals surface area contributed by atoms with E-state index in [0.29, 0.717) is 11.6 Å². The first kappa shape index (κ1) is 17.6. The Morgan fingerprint density at radius 2 is 1.71 bits per heavy atom. The van der Waals surface area contributed by atoms with Gasteiger partial charge in [-0.3, -0.25) is 0 Å². The highest BCUT2D eigenvalue weighted by atomic mass is 35.5. The van der Waals surface area contributed by atoms with Crippen molar-refractivity contribution in [2.45, 2.75) is 10.3 Å². The maximum Gasteiger partial charge on any atom is 0.244 e. The fraction of sp³-hybridized carbons (Fsp3) is 0.294. The third-order valence-electron chi connectivity index (χ3n) is 3.96.